The molecule has 0 bridgehead atoms. The van der Waals surface area contributed by atoms with Crippen LogP contribution in [0, 0.1) is 6.92 Å². The van der Waals surface area contributed by atoms with Crippen LogP contribution in [0.15, 0.2) is 30.5 Å². The molecular weight excluding hydrogens is 274 g/mol. The summed E-state index contributed by atoms with van der Waals surface area (Å²) in [7, 11) is 1.75. The first-order chi connectivity index (χ1) is 9.60. The van der Waals surface area contributed by atoms with Gasteiger partial charge in [0.05, 0.1) is 12.3 Å². The molecule has 1 amide bonds. The molecule has 1 unspecified atom stereocenters. The summed E-state index contributed by atoms with van der Waals surface area (Å²) in [5.74, 6) is -0.227. The molecule has 1 atom stereocenters. The van der Waals surface area contributed by atoms with Gasteiger partial charge in [-0.2, -0.15) is 0 Å². The van der Waals surface area contributed by atoms with Crippen LogP contribution in [0.3, 0.4) is 0 Å². The number of aryl methyl sites for hydroxylation is 1. The minimum Gasteiger partial charge on any atom is -0.387 e. The van der Waals surface area contributed by atoms with Crippen molar-refractivity contribution in [1.82, 2.24) is 10.3 Å². The van der Waals surface area contributed by atoms with E-state index in [0.717, 1.165) is 11.1 Å². The molecule has 1 aromatic heterocycles. The lowest BCUT2D eigenvalue weighted by Gasteiger charge is -2.11. The quantitative estimate of drug-likeness (QED) is 0.787. The summed E-state index contributed by atoms with van der Waals surface area (Å²) in [6.45, 7) is 2.16. The highest BCUT2D eigenvalue weighted by atomic mass is 32.1. The van der Waals surface area contributed by atoms with Gasteiger partial charge >= 0.3 is 0 Å². The van der Waals surface area contributed by atoms with Crippen LogP contribution in [0.1, 0.15) is 26.9 Å². The maximum Gasteiger partial charge on any atom is 0.263 e. The number of nitrogens with zero attached hydrogens (tertiary/aromatic N) is 1. The second-order valence-electron chi connectivity index (χ2n) is 4.42. The molecule has 0 fully saturated rings. The van der Waals surface area contributed by atoms with Crippen molar-refractivity contribution in [3.05, 3.63) is 46.5 Å². The number of thiazole rings is 1. The van der Waals surface area contributed by atoms with Gasteiger partial charge in [0.15, 0.2) is 5.13 Å². The Morgan fingerprint density at radius 1 is 1.40 bits per heavy atom. The fourth-order valence-electron chi connectivity index (χ4n) is 1.68. The minimum atomic E-state index is -0.712. The van der Waals surface area contributed by atoms with Crippen molar-refractivity contribution in [3.63, 3.8) is 0 Å². The largest absolute Gasteiger partial charge is 0.387 e. The van der Waals surface area contributed by atoms with Crippen molar-refractivity contribution in [3.8, 4) is 0 Å². The number of anilines is 1. The SMILES string of the molecule is CNc1ncc(C(=O)NCC(O)c2ccc(C)cc2)s1. The van der Waals surface area contributed by atoms with Crippen molar-refractivity contribution < 1.29 is 9.90 Å². The van der Waals surface area contributed by atoms with Gasteiger partial charge in [-0.1, -0.05) is 41.2 Å². The second-order valence-corrected chi connectivity index (χ2v) is 5.45. The maximum atomic E-state index is 11.9. The summed E-state index contributed by atoms with van der Waals surface area (Å²) in [6, 6.07) is 7.58. The molecule has 0 aliphatic rings. The summed E-state index contributed by atoms with van der Waals surface area (Å²) in [5.41, 5.74) is 1.92. The molecule has 0 radical (unpaired) electrons. The molecule has 1 heterocycles. The Kier molecular flexibility index (Phi) is 4.70. The Morgan fingerprint density at radius 2 is 2.10 bits per heavy atom. The van der Waals surface area contributed by atoms with Crippen LogP contribution in [-0.4, -0.2) is 29.6 Å². The van der Waals surface area contributed by atoms with Gasteiger partial charge in [-0.05, 0) is 12.5 Å². The first kappa shape index (κ1) is 14.5. The molecular formula is C14H17N3O2S. The minimum absolute atomic E-state index is 0.175. The standard InChI is InChI=1S/C14H17N3O2S/c1-9-3-5-10(6-4-9)11(18)7-16-13(19)12-8-17-14(15-2)20-12/h3-6,8,11,18H,7H2,1-2H3,(H,15,17)(H,16,19). The molecule has 3 N–H and O–H groups in total. The van der Waals surface area contributed by atoms with Gasteiger partial charge in [0, 0.05) is 13.6 Å². The molecule has 2 rings (SSSR count). The average molecular weight is 291 g/mol. The van der Waals surface area contributed by atoms with E-state index in [2.05, 4.69) is 15.6 Å². The summed E-state index contributed by atoms with van der Waals surface area (Å²) in [6.07, 6.45) is 0.806. The number of aromatic nitrogens is 1. The van der Waals surface area contributed by atoms with Crippen molar-refractivity contribution in [2.75, 3.05) is 18.9 Å². The zero-order chi connectivity index (χ0) is 14.5. The molecule has 0 aliphatic carbocycles. The summed E-state index contributed by atoms with van der Waals surface area (Å²) >= 11 is 1.27. The van der Waals surface area contributed by atoms with E-state index in [-0.39, 0.29) is 12.5 Å². The number of aliphatic hydroxyl groups excluding tert-OH is 1. The predicted molar refractivity (Wildman–Crippen MR) is 80.1 cm³/mol. The van der Waals surface area contributed by atoms with Crippen molar-refractivity contribution in [2.45, 2.75) is 13.0 Å². The van der Waals surface area contributed by atoms with Crippen LogP contribution in [-0.2, 0) is 0 Å². The Labute approximate surface area is 121 Å². The Balaban J connectivity index is 1.91. The van der Waals surface area contributed by atoms with Crippen LogP contribution in [0.5, 0.6) is 0 Å². The van der Waals surface area contributed by atoms with E-state index >= 15 is 0 Å². The smallest absolute Gasteiger partial charge is 0.263 e. The lowest BCUT2D eigenvalue weighted by atomic mass is 10.1. The van der Waals surface area contributed by atoms with Gasteiger partial charge in [-0.15, -0.1) is 0 Å². The number of hydrogen-bond acceptors (Lipinski definition) is 5. The number of aliphatic hydroxyl groups is 1. The molecule has 0 saturated carbocycles. The van der Waals surface area contributed by atoms with Gasteiger partial charge in [-0.25, -0.2) is 4.98 Å². The third-order valence-electron chi connectivity index (χ3n) is 2.86. The monoisotopic (exact) mass is 291 g/mol. The van der Waals surface area contributed by atoms with Gasteiger partial charge in [0.1, 0.15) is 4.88 Å². The van der Waals surface area contributed by atoms with E-state index in [1.807, 2.05) is 31.2 Å². The zero-order valence-electron chi connectivity index (χ0n) is 11.4. The number of carbonyl (C=O) groups excluding carboxylic acids is 1. The number of rotatable bonds is 5. The number of carbonyl (C=O) groups is 1. The molecule has 106 valence electrons. The second kappa shape index (κ2) is 6.49. The normalized spacial score (nSPS) is 11.9. The molecule has 6 heteroatoms. The number of benzene rings is 1. The van der Waals surface area contributed by atoms with Gasteiger partial charge in [-0.3, -0.25) is 4.79 Å². The number of hydrogen-bond donors (Lipinski definition) is 3. The van der Waals surface area contributed by atoms with E-state index in [4.69, 9.17) is 0 Å². The molecule has 5 nitrogen and oxygen atoms in total. The maximum absolute atomic E-state index is 11.9. The van der Waals surface area contributed by atoms with Gasteiger partial charge < -0.3 is 15.7 Å². The van der Waals surface area contributed by atoms with Crippen LogP contribution < -0.4 is 10.6 Å². The summed E-state index contributed by atoms with van der Waals surface area (Å²) in [4.78, 5) is 16.4. The molecule has 2 aromatic rings. The Hall–Kier alpha value is -1.92. The van der Waals surface area contributed by atoms with Crippen LogP contribution in [0.2, 0.25) is 0 Å². The van der Waals surface area contributed by atoms with E-state index in [0.29, 0.717) is 10.0 Å². The van der Waals surface area contributed by atoms with Crippen LogP contribution in [0.4, 0.5) is 5.13 Å². The number of nitrogens with one attached hydrogen (secondary N) is 2. The highest BCUT2D eigenvalue weighted by Crippen LogP contribution is 2.17. The van der Waals surface area contributed by atoms with Crippen molar-refractivity contribution in [2.24, 2.45) is 0 Å². The van der Waals surface area contributed by atoms with Gasteiger partial charge in [0.25, 0.3) is 5.91 Å². The third kappa shape index (κ3) is 3.55. The van der Waals surface area contributed by atoms with Gasteiger partial charge in [0.2, 0.25) is 0 Å². The summed E-state index contributed by atoms with van der Waals surface area (Å²) < 4.78 is 0. The molecule has 20 heavy (non-hydrogen) atoms. The average Bonchev–Trinajstić information content (AvgIpc) is 2.94. The fourth-order valence-corrected chi connectivity index (χ4v) is 2.36. The highest BCUT2D eigenvalue weighted by molar-refractivity contribution is 7.17. The lowest BCUT2D eigenvalue weighted by Crippen LogP contribution is -2.27. The molecule has 0 saturated heterocycles. The van der Waals surface area contributed by atoms with Crippen LogP contribution >= 0.6 is 11.3 Å². The Morgan fingerprint density at radius 3 is 2.70 bits per heavy atom. The highest BCUT2D eigenvalue weighted by Gasteiger charge is 2.13. The zero-order valence-corrected chi connectivity index (χ0v) is 12.2. The lowest BCUT2D eigenvalue weighted by molar-refractivity contribution is 0.0920. The Bertz CT molecular complexity index is 580. The van der Waals surface area contributed by atoms with Crippen molar-refractivity contribution >= 4 is 22.4 Å². The molecule has 1 aromatic carbocycles. The molecule has 0 aliphatic heterocycles. The van der Waals surface area contributed by atoms with E-state index < -0.39 is 6.10 Å². The number of amides is 1. The summed E-state index contributed by atoms with van der Waals surface area (Å²) in [5, 5.41) is 16.3. The first-order valence-corrected chi connectivity index (χ1v) is 7.08. The van der Waals surface area contributed by atoms with E-state index in [1.165, 1.54) is 17.5 Å². The predicted octanol–water partition coefficient (Wildman–Crippen LogP) is 1.96. The topological polar surface area (TPSA) is 74.2 Å². The fraction of sp³-hybridized carbons (Fsp3) is 0.286. The first-order valence-electron chi connectivity index (χ1n) is 6.26. The third-order valence-corrected chi connectivity index (χ3v) is 3.88. The van der Waals surface area contributed by atoms with Crippen molar-refractivity contribution in [1.29, 1.82) is 0 Å². The van der Waals surface area contributed by atoms with E-state index in [9.17, 15) is 9.90 Å². The van der Waals surface area contributed by atoms with E-state index in [1.54, 1.807) is 7.05 Å². The van der Waals surface area contributed by atoms with Crippen LogP contribution in [0.25, 0.3) is 0 Å². The molecule has 0 spiro atoms.